The van der Waals surface area contributed by atoms with Crippen molar-refractivity contribution in [2.24, 2.45) is 5.73 Å². The van der Waals surface area contributed by atoms with Crippen LogP contribution in [0.3, 0.4) is 0 Å². The van der Waals surface area contributed by atoms with Crippen molar-refractivity contribution in [2.45, 2.75) is 10.8 Å². The summed E-state index contributed by atoms with van der Waals surface area (Å²) in [5.41, 5.74) is 8.10. The van der Waals surface area contributed by atoms with Gasteiger partial charge in [-0.3, -0.25) is 24.2 Å². The number of halogens is 2. The normalized spacial score (nSPS) is 15.6. The molecule has 18 nitrogen and oxygen atoms in total. The molecule has 7 aromatic rings. The molecule has 7 heterocycles. The number of benzene rings is 2. The molecule has 2 saturated heterocycles. The summed E-state index contributed by atoms with van der Waals surface area (Å²) in [7, 11) is -7.10. The predicted octanol–water partition coefficient (Wildman–Crippen LogP) is 3.26. The fourth-order valence-electron chi connectivity index (χ4n) is 7.57. The molecule has 0 spiro atoms. The number of hydrogen-bond donors (Lipinski definition) is 4. The number of sulfonamides is 2. The highest BCUT2D eigenvalue weighted by Crippen LogP contribution is 2.37. The molecule has 0 unspecified atom stereocenters. The second kappa shape index (κ2) is 17.4. The third-order valence-electron chi connectivity index (χ3n) is 11.1. The summed E-state index contributed by atoms with van der Waals surface area (Å²) < 4.78 is 80.4. The predicted molar refractivity (Wildman–Crippen MR) is 235 cm³/mol. The number of carbonyl (C=O) groups excluding carboxylic acids is 1. The van der Waals surface area contributed by atoms with Crippen LogP contribution >= 0.6 is 0 Å². The summed E-state index contributed by atoms with van der Waals surface area (Å²) >= 11 is 0. The average molecular weight is 910 g/mol. The molecule has 0 saturated carbocycles. The quantitative estimate of drug-likeness (QED) is 0.130. The highest BCUT2D eigenvalue weighted by atomic mass is 32.2. The van der Waals surface area contributed by atoms with Crippen molar-refractivity contribution in [2.75, 3.05) is 61.4 Å². The summed E-state index contributed by atoms with van der Waals surface area (Å²) in [6, 6.07) is 24.8. The van der Waals surface area contributed by atoms with E-state index in [0.29, 0.717) is 41.4 Å². The number of hydrogen-bond acceptors (Lipinski definition) is 14. The topological polar surface area (TPSA) is 248 Å². The lowest BCUT2D eigenvalue weighted by molar-refractivity contribution is 0.1000. The zero-order valence-corrected chi connectivity index (χ0v) is 36.0. The molecule has 2 aliphatic rings. The minimum Gasteiger partial charge on any atom is -0.368 e. The van der Waals surface area contributed by atoms with Crippen molar-refractivity contribution in [3.63, 3.8) is 0 Å². The molecule has 2 aromatic carbocycles. The first kappa shape index (κ1) is 43.8. The number of nitrogens with two attached hydrogens (primary N) is 1. The van der Waals surface area contributed by atoms with Gasteiger partial charge in [0, 0.05) is 73.7 Å². The fourth-order valence-corrected chi connectivity index (χ4v) is 9.45. The van der Waals surface area contributed by atoms with Gasteiger partial charge >= 0.3 is 0 Å². The molecule has 22 heteroatoms. The van der Waals surface area contributed by atoms with Crippen LogP contribution in [0.25, 0.3) is 33.4 Å². The van der Waals surface area contributed by atoms with Gasteiger partial charge in [-0.15, -0.1) is 20.4 Å². The van der Waals surface area contributed by atoms with Gasteiger partial charge in [0.1, 0.15) is 17.5 Å². The van der Waals surface area contributed by atoms with Gasteiger partial charge in [0.15, 0.2) is 5.82 Å². The first-order chi connectivity index (χ1) is 30.5. The van der Waals surface area contributed by atoms with Gasteiger partial charge in [-0.2, -0.15) is 5.10 Å². The van der Waals surface area contributed by atoms with E-state index in [1.807, 2.05) is 18.2 Å². The van der Waals surface area contributed by atoms with Gasteiger partial charge in [0.25, 0.3) is 0 Å². The zero-order valence-electron chi connectivity index (χ0n) is 34.4. The summed E-state index contributed by atoms with van der Waals surface area (Å²) in [5.74, 6) is -0.873. The maximum Gasteiger partial charge on any atom is 0.248 e. The van der Waals surface area contributed by atoms with Crippen molar-refractivity contribution in [3.8, 4) is 22.5 Å². The number of fused-ring (bicyclic) bond motifs is 1. The Hall–Kier alpha value is -6.88. The summed E-state index contributed by atoms with van der Waals surface area (Å²) in [6.45, 7) is 1.25. The van der Waals surface area contributed by atoms with E-state index in [1.165, 1.54) is 41.0 Å². The molecule has 5 aromatic heterocycles. The molecule has 330 valence electrons. The van der Waals surface area contributed by atoms with Crippen molar-refractivity contribution in [1.29, 1.82) is 0 Å². The van der Waals surface area contributed by atoms with Gasteiger partial charge in [0.05, 0.1) is 57.8 Å². The van der Waals surface area contributed by atoms with Crippen LogP contribution in [0.2, 0.25) is 0 Å². The van der Waals surface area contributed by atoms with Gasteiger partial charge < -0.3 is 16.4 Å². The molecule has 9 rings (SSSR count). The van der Waals surface area contributed by atoms with Crippen LogP contribution in [0.1, 0.15) is 21.7 Å². The van der Waals surface area contributed by atoms with Crippen molar-refractivity contribution < 1.29 is 30.4 Å². The molecule has 2 aliphatic heterocycles. The Labute approximate surface area is 366 Å². The first-order valence-corrected chi connectivity index (χ1v) is 23.3. The number of amides is 1. The monoisotopic (exact) mass is 909 g/mol. The number of primary amides is 1. The highest BCUT2D eigenvalue weighted by molar-refractivity contribution is 7.92. The van der Waals surface area contributed by atoms with Crippen molar-refractivity contribution in [3.05, 3.63) is 138 Å². The fraction of sp³-hybridized carbons (Fsp3) is 0.238. The average Bonchev–Trinajstić information content (AvgIpc) is 3.72. The Bertz CT molecular complexity index is 3060. The summed E-state index contributed by atoms with van der Waals surface area (Å²) in [6.07, 6.45) is 6.93. The van der Waals surface area contributed by atoms with Gasteiger partial charge in [-0.1, -0.05) is 18.2 Å². The highest BCUT2D eigenvalue weighted by Gasteiger charge is 2.50. The SMILES string of the molecule is CS(=O)(=O)N(CC1(c2ncccc2F)CNC1)c1ccc(-c2ccc3[nH]ncc3c2)nn1.CS(=O)(=O)N1CC(CNc2ccc(-c3cccc(C(N)=O)c3)nn2)(c2ncccc2F)C1. The second-order valence-electron chi connectivity index (χ2n) is 15.7. The molecule has 2 fully saturated rings. The number of anilines is 2. The van der Waals surface area contributed by atoms with Crippen molar-refractivity contribution >= 4 is 48.5 Å². The molecule has 0 aliphatic carbocycles. The lowest BCUT2D eigenvalue weighted by atomic mass is 9.77. The Kier molecular flexibility index (Phi) is 11.9. The van der Waals surface area contributed by atoms with Crippen LogP contribution in [0.4, 0.5) is 20.4 Å². The standard InChI is InChI=1S/C21H20FN7O2S.C21H21FN6O3S/c1-32(30,31)29(13-21(11-23-12-21)20-16(22)3-2-8-24-20)19-7-6-17(27-28-19)14-4-5-18-15(9-14)10-25-26-18;1-32(30,31)28-12-21(13-28,19-16(22)6-3-9-24-19)11-25-18-8-7-17(26-27-18)14-4-2-5-15(10-14)20(23)29/h2-10,23H,11-13H2,1H3,(H,25,26);2-10H,11-13H2,1H3,(H2,23,29)(H,25,27). The third kappa shape index (κ3) is 9.11. The number of H-pyrrole nitrogens is 1. The van der Waals surface area contributed by atoms with Crippen LogP contribution < -0.4 is 20.7 Å². The van der Waals surface area contributed by atoms with Crippen LogP contribution in [-0.4, -0.2) is 119 Å². The number of nitrogens with zero attached hydrogens (tertiary/aromatic N) is 9. The number of pyridine rings is 2. The number of rotatable bonds is 13. The van der Waals surface area contributed by atoms with E-state index in [2.05, 4.69) is 51.2 Å². The van der Waals surface area contributed by atoms with E-state index in [-0.39, 0.29) is 43.4 Å². The Morgan fingerprint density at radius 3 is 2.02 bits per heavy atom. The summed E-state index contributed by atoms with van der Waals surface area (Å²) in [4.78, 5) is 19.7. The second-order valence-corrected chi connectivity index (χ2v) is 19.6. The zero-order chi connectivity index (χ0) is 45.3. The lowest BCUT2D eigenvalue weighted by Crippen LogP contribution is -2.64. The van der Waals surface area contributed by atoms with Crippen LogP contribution in [0, 0.1) is 11.6 Å². The molecule has 0 atom stereocenters. The largest absolute Gasteiger partial charge is 0.368 e. The van der Waals surface area contributed by atoms with E-state index >= 15 is 0 Å². The van der Waals surface area contributed by atoms with E-state index in [9.17, 15) is 30.4 Å². The van der Waals surface area contributed by atoms with Crippen LogP contribution in [0.5, 0.6) is 0 Å². The number of carbonyl (C=O) groups is 1. The Balaban J connectivity index is 0.000000175. The lowest BCUT2D eigenvalue weighted by Gasteiger charge is -2.48. The first-order valence-electron chi connectivity index (χ1n) is 19.6. The third-order valence-corrected chi connectivity index (χ3v) is 13.4. The maximum absolute atomic E-state index is 14.5. The minimum absolute atomic E-state index is 0.00176. The summed E-state index contributed by atoms with van der Waals surface area (Å²) in [5, 5.41) is 30.8. The number of aromatic nitrogens is 8. The number of aromatic amines is 1. The smallest absolute Gasteiger partial charge is 0.248 e. The molecule has 1 amide bonds. The van der Waals surface area contributed by atoms with E-state index in [1.54, 1.807) is 54.7 Å². The molecule has 5 N–H and O–H groups in total. The van der Waals surface area contributed by atoms with Crippen LogP contribution in [-0.2, 0) is 30.9 Å². The molecule has 0 bridgehead atoms. The molecule has 0 radical (unpaired) electrons. The number of nitrogens with one attached hydrogen (secondary N) is 3. The molecule has 64 heavy (non-hydrogen) atoms. The van der Waals surface area contributed by atoms with Gasteiger partial charge in [0.2, 0.25) is 26.0 Å². The van der Waals surface area contributed by atoms with E-state index in [4.69, 9.17) is 5.73 Å². The Morgan fingerprint density at radius 2 is 1.45 bits per heavy atom. The van der Waals surface area contributed by atoms with E-state index < -0.39 is 48.4 Å². The van der Waals surface area contributed by atoms with Gasteiger partial charge in [-0.05, 0) is 72.8 Å². The van der Waals surface area contributed by atoms with Gasteiger partial charge in [-0.25, -0.2) is 29.9 Å². The van der Waals surface area contributed by atoms with E-state index in [0.717, 1.165) is 33.3 Å². The minimum atomic E-state index is -3.71. The molecular formula is C42H41F2N13O5S2. The molecular weight excluding hydrogens is 869 g/mol. The Morgan fingerprint density at radius 1 is 0.797 bits per heavy atom. The maximum atomic E-state index is 14.5. The van der Waals surface area contributed by atoms with Crippen molar-refractivity contribution in [1.82, 2.24) is 50.2 Å². The van der Waals surface area contributed by atoms with Crippen LogP contribution in [0.15, 0.2) is 110 Å².